The lowest BCUT2D eigenvalue weighted by atomic mass is 10.2. The van der Waals surface area contributed by atoms with Gasteiger partial charge < -0.3 is 10.1 Å². The molecule has 8 heteroatoms. The molecule has 0 fully saturated rings. The maximum absolute atomic E-state index is 11.4. The molecule has 0 aliphatic rings. The lowest BCUT2D eigenvalue weighted by molar-refractivity contribution is -0.392. The first kappa shape index (κ1) is 18.3. The van der Waals surface area contributed by atoms with Gasteiger partial charge in [-0.05, 0) is 16.6 Å². The molecule has 2 heterocycles. The van der Waals surface area contributed by atoms with E-state index in [0.29, 0.717) is 18.9 Å². The van der Waals surface area contributed by atoms with E-state index < -0.39 is 4.92 Å². The highest BCUT2D eigenvalue weighted by molar-refractivity contribution is 5.67. The van der Waals surface area contributed by atoms with Gasteiger partial charge in [0.15, 0.2) is 0 Å². The molecule has 0 radical (unpaired) electrons. The molecule has 144 valence electrons. The van der Waals surface area contributed by atoms with E-state index in [-0.39, 0.29) is 5.82 Å². The van der Waals surface area contributed by atoms with E-state index in [0.717, 1.165) is 16.8 Å². The van der Waals surface area contributed by atoms with Crippen molar-refractivity contribution >= 4 is 18.0 Å². The maximum Gasteiger partial charge on any atom is 0.343 e. The summed E-state index contributed by atoms with van der Waals surface area (Å²) >= 11 is 0. The third-order valence-corrected chi connectivity index (χ3v) is 4.44. The van der Waals surface area contributed by atoms with E-state index in [1.807, 2.05) is 72.9 Å². The highest BCUT2D eigenvalue weighted by atomic mass is 16.6. The van der Waals surface area contributed by atoms with Crippen LogP contribution in [0, 0.1) is 10.1 Å². The zero-order chi connectivity index (χ0) is 20.1. The smallest absolute Gasteiger partial charge is 0.343 e. The molecule has 8 nitrogen and oxygen atoms in total. The highest BCUT2D eigenvalue weighted by Crippen LogP contribution is 2.18. The van der Waals surface area contributed by atoms with Gasteiger partial charge in [-0.3, -0.25) is 0 Å². The molecule has 0 spiro atoms. The van der Waals surface area contributed by atoms with Crippen molar-refractivity contribution in [3.05, 3.63) is 94.6 Å². The number of aromatic nitrogens is 5. The molecule has 0 atom stereocenters. The number of hydrogen-bond donors (Lipinski definition) is 0. The van der Waals surface area contributed by atoms with E-state index in [9.17, 15) is 10.1 Å². The van der Waals surface area contributed by atoms with Crippen LogP contribution in [0.5, 0.6) is 0 Å². The minimum absolute atomic E-state index is 0.0545. The molecule has 0 bridgehead atoms. The standard InChI is InChI=1S/C21H18N6O2/c28-27(29)21-15-22-20(12-11-17-7-3-1-4-8-17)26(21)14-13-25-16-19(23-24-25)18-9-5-2-6-10-18/h1-12,15-16H,13-14H2/b12-11+. The number of nitrogens with zero attached hydrogens (tertiary/aromatic N) is 6. The van der Waals surface area contributed by atoms with Gasteiger partial charge in [-0.2, -0.15) is 0 Å². The lowest BCUT2D eigenvalue weighted by Gasteiger charge is -2.03. The number of hydrogen-bond acceptors (Lipinski definition) is 5. The van der Waals surface area contributed by atoms with Crippen LogP contribution in [0.15, 0.2) is 73.1 Å². The van der Waals surface area contributed by atoms with Gasteiger partial charge >= 0.3 is 5.82 Å². The van der Waals surface area contributed by atoms with Crippen molar-refractivity contribution in [3.8, 4) is 11.3 Å². The molecule has 0 saturated carbocycles. The fourth-order valence-corrected chi connectivity index (χ4v) is 2.97. The average Bonchev–Trinajstić information content (AvgIpc) is 3.39. The first-order valence-electron chi connectivity index (χ1n) is 9.09. The Labute approximate surface area is 166 Å². The quantitative estimate of drug-likeness (QED) is 0.355. The Kier molecular flexibility index (Phi) is 5.24. The molecule has 2 aromatic heterocycles. The summed E-state index contributed by atoms with van der Waals surface area (Å²) in [4.78, 5) is 15.2. The summed E-state index contributed by atoms with van der Waals surface area (Å²) in [7, 11) is 0. The largest absolute Gasteiger partial charge is 0.358 e. The number of nitro groups is 1. The average molecular weight is 386 g/mol. The van der Waals surface area contributed by atoms with Gasteiger partial charge in [-0.15, -0.1) is 5.10 Å². The van der Waals surface area contributed by atoms with Crippen molar-refractivity contribution in [1.82, 2.24) is 24.5 Å². The normalized spacial score (nSPS) is 11.2. The lowest BCUT2D eigenvalue weighted by Crippen LogP contribution is -2.11. The van der Waals surface area contributed by atoms with Crippen molar-refractivity contribution in [1.29, 1.82) is 0 Å². The first-order valence-corrected chi connectivity index (χ1v) is 9.09. The topological polar surface area (TPSA) is 91.7 Å². The van der Waals surface area contributed by atoms with Crippen LogP contribution in [-0.4, -0.2) is 29.5 Å². The van der Waals surface area contributed by atoms with Gasteiger partial charge in [0.1, 0.15) is 18.4 Å². The molecule has 4 aromatic rings. The van der Waals surface area contributed by atoms with Crippen LogP contribution in [0.25, 0.3) is 23.4 Å². The second kappa shape index (κ2) is 8.30. The van der Waals surface area contributed by atoms with E-state index in [1.54, 1.807) is 15.3 Å². The zero-order valence-electron chi connectivity index (χ0n) is 15.5. The molecule has 0 aliphatic heterocycles. The molecule has 0 N–H and O–H groups in total. The molecule has 0 unspecified atom stereocenters. The summed E-state index contributed by atoms with van der Waals surface area (Å²) < 4.78 is 3.25. The molecule has 0 amide bonds. The second-order valence-corrected chi connectivity index (χ2v) is 6.36. The van der Waals surface area contributed by atoms with E-state index in [2.05, 4.69) is 15.3 Å². The van der Waals surface area contributed by atoms with Crippen molar-refractivity contribution in [3.63, 3.8) is 0 Å². The predicted molar refractivity (Wildman–Crippen MR) is 110 cm³/mol. The minimum Gasteiger partial charge on any atom is -0.358 e. The summed E-state index contributed by atoms with van der Waals surface area (Å²) in [6.45, 7) is 0.783. The third kappa shape index (κ3) is 4.27. The Morgan fingerprint density at radius 2 is 1.69 bits per heavy atom. The Hall–Kier alpha value is -4.07. The fourth-order valence-electron chi connectivity index (χ4n) is 2.97. The summed E-state index contributed by atoms with van der Waals surface area (Å²) in [6.07, 6.45) is 6.77. The Bertz CT molecular complexity index is 1130. The monoisotopic (exact) mass is 386 g/mol. The molecule has 0 aliphatic carbocycles. The van der Waals surface area contributed by atoms with Gasteiger partial charge in [-0.1, -0.05) is 65.9 Å². The van der Waals surface area contributed by atoms with Crippen molar-refractivity contribution in [2.75, 3.05) is 0 Å². The van der Waals surface area contributed by atoms with Gasteiger partial charge in [0, 0.05) is 11.6 Å². The first-order chi connectivity index (χ1) is 14.2. The van der Waals surface area contributed by atoms with Crippen LogP contribution in [0.3, 0.4) is 0 Å². The number of aryl methyl sites for hydroxylation is 1. The number of imidazole rings is 1. The van der Waals surface area contributed by atoms with Crippen molar-refractivity contribution < 1.29 is 4.92 Å². The van der Waals surface area contributed by atoms with Gasteiger partial charge in [0.2, 0.25) is 5.82 Å². The van der Waals surface area contributed by atoms with Crippen LogP contribution in [0.2, 0.25) is 0 Å². The summed E-state index contributed by atoms with van der Waals surface area (Å²) in [5.74, 6) is 0.463. The zero-order valence-corrected chi connectivity index (χ0v) is 15.5. The fraction of sp³-hybridized carbons (Fsp3) is 0.0952. The molecule has 0 saturated heterocycles. The van der Waals surface area contributed by atoms with Crippen LogP contribution >= 0.6 is 0 Å². The second-order valence-electron chi connectivity index (χ2n) is 6.36. The van der Waals surface area contributed by atoms with Crippen LogP contribution in [0.4, 0.5) is 5.82 Å². The number of benzene rings is 2. The summed E-state index contributed by atoms with van der Waals surface area (Å²) in [6, 6.07) is 19.5. The molecular formula is C21H18N6O2. The summed E-state index contributed by atoms with van der Waals surface area (Å²) in [5, 5.41) is 19.7. The Morgan fingerprint density at radius 1 is 0.966 bits per heavy atom. The van der Waals surface area contributed by atoms with Crippen LogP contribution < -0.4 is 0 Å². The van der Waals surface area contributed by atoms with Crippen LogP contribution in [0.1, 0.15) is 11.4 Å². The molecule has 29 heavy (non-hydrogen) atoms. The van der Waals surface area contributed by atoms with E-state index >= 15 is 0 Å². The van der Waals surface area contributed by atoms with Gasteiger partial charge in [-0.25, -0.2) is 14.2 Å². The van der Waals surface area contributed by atoms with Crippen LogP contribution in [-0.2, 0) is 13.1 Å². The highest BCUT2D eigenvalue weighted by Gasteiger charge is 2.18. The third-order valence-electron chi connectivity index (χ3n) is 4.44. The Morgan fingerprint density at radius 3 is 2.41 bits per heavy atom. The molecular weight excluding hydrogens is 368 g/mol. The number of rotatable bonds is 7. The van der Waals surface area contributed by atoms with Crippen molar-refractivity contribution in [2.45, 2.75) is 13.1 Å². The Balaban J connectivity index is 1.53. The van der Waals surface area contributed by atoms with E-state index in [4.69, 9.17) is 0 Å². The predicted octanol–water partition coefficient (Wildman–Crippen LogP) is 3.92. The van der Waals surface area contributed by atoms with Crippen molar-refractivity contribution in [2.24, 2.45) is 0 Å². The van der Waals surface area contributed by atoms with Gasteiger partial charge in [0.25, 0.3) is 0 Å². The van der Waals surface area contributed by atoms with Gasteiger partial charge in [0.05, 0.1) is 12.7 Å². The minimum atomic E-state index is -0.427. The molecule has 2 aromatic carbocycles. The maximum atomic E-state index is 11.4. The SMILES string of the molecule is O=[N+]([O-])c1cnc(/C=C/c2ccccc2)n1CCn1cc(-c2ccccc2)nn1. The summed E-state index contributed by atoms with van der Waals surface area (Å²) in [5.41, 5.74) is 2.72. The molecule has 4 rings (SSSR count). The van der Waals surface area contributed by atoms with E-state index in [1.165, 1.54) is 6.20 Å².